The molecule has 0 amide bonds. The Balaban J connectivity index is 2.45. The quantitative estimate of drug-likeness (QED) is 0.757. The van der Waals surface area contributed by atoms with Crippen LogP contribution in [0.15, 0.2) is 36.4 Å². The highest BCUT2D eigenvalue weighted by atomic mass is 16.3. The second-order valence-electron chi connectivity index (χ2n) is 6.81. The van der Waals surface area contributed by atoms with Crippen LogP contribution in [0.2, 0.25) is 0 Å². The zero-order valence-corrected chi connectivity index (χ0v) is 14.7. The number of aryl methyl sites for hydroxylation is 2. The molecule has 0 heterocycles. The van der Waals surface area contributed by atoms with Gasteiger partial charge in [-0.05, 0) is 47.2 Å². The molecule has 0 spiro atoms. The maximum atomic E-state index is 10.0. The van der Waals surface area contributed by atoms with Gasteiger partial charge >= 0.3 is 0 Å². The fraction of sp³-hybridized carbons (Fsp3) is 0.429. The van der Waals surface area contributed by atoms with Crippen molar-refractivity contribution < 1.29 is 10.2 Å². The van der Waals surface area contributed by atoms with E-state index in [2.05, 4.69) is 39.8 Å². The van der Waals surface area contributed by atoms with Gasteiger partial charge < -0.3 is 10.2 Å². The molecule has 0 aromatic heterocycles. The van der Waals surface area contributed by atoms with Crippen LogP contribution in [0.1, 0.15) is 62.8 Å². The summed E-state index contributed by atoms with van der Waals surface area (Å²) in [7, 11) is 0. The Morgan fingerprint density at radius 3 is 1.48 bits per heavy atom. The fourth-order valence-corrected chi connectivity index (χ4v) is 3.05. The first-order chi connectivity index (χ1) is 10.9. The highest BCUT2D eigenvalue weighted by Gasteiger charge is 2.24. The average Bonchev–Trinajstić information content (AvgIpc) is 2.51. The average molecular weight is 312 g/mol. The van der Waals surface area contributed by atoms with E-state index in [0.717, 1.165) is 36.8 Å². The summed E-state index contributed by atoms with van der Waals surface area (Å²) in [6.07, 6.45) is 3.79. The molecule has 0 radical (unpaired) electrons. The van der Waals surface area contributed by atoms with E-state index in [4.69, 9.17) is 0 Å². The third-order valence-corrected chi connectivity index (χ3v) is 4.64. The minimum absolute atomic E-state index is 0.174. The van der Waals surface area contributed by atoms with E-state index in [-0.39, 0.29) is 5.41 Å². The number of benzene rings is 2. The molecule has 0 aliphatic heterocycles. The van der Waals surface area contributed by atoms with E-state index in [0.29, 0.717) is 11.5 Å². The van der Waals surface area contributed by atoms with Gasteiger partial charge in [-0.3, -0.25) is 0 Å². The zero-order valence-electron chi connectivity index (χ0n) is 14.7. The molecule has 0 unspecified atom stereocenters. The second kappa shape index (κ2) is 7.08. The molecule has 23 heavy (non-hydrogen) atoms. The molecular formula is C21H28O2. The van der Waals surface area contributed by atoms with Crippen LogP contribution in [0, 0.1) is 0 Å². The van der Waals surface area contributed by atoms with Gasteiger partial charge in [-0.15, -0.1) is 0 Å². The third-order valence-electron chi connectivity index (χ3n) is 4.64. The third kappa shape index (κ3) is 3.69. The summed E-state index contributed by atoms with van der Waals surface area (Å²) >= 11 is 0. The summed E-state index contributed by atoms with van der Waals surface area (Å²) in [6.45, 7) is 8.62. The first-order valence-corrected chi connectivity index (χ1v) is 8.54. The maximum absolute atomic E-state index is 10.0. The van der Waals surface area contributed by atoms with Crippen LogP contribution in [0.25, 0.3) is 0 Å². The largest absolute Gasteiger partial charge is 0.508 e. The molecule has 0 aliphatic rings. The highest BCUT2D eigenvalue weighted by molar-refractivity contribution is 5.47. The molecule has 2 nitrogen and oxygen atoms in total. The van der Waals surface area contributed by atoms with Gasteiger partial charge in [0.1, 0.15) is 11.5 Å². The van der Waals surface area contributed by atoms with Crippen LogP contribution in [0.5, 0.6) is 11.5 Å². The van der Waals surface area contributed by atoms with Crippen molar-refractivity contribution in [2.24, 2.45) is 0 Å². The van der Waals surface area contributed by atoms with Crippen molar-refractivity contribution in [3.05, 3.63) is 58.7 Å². The van der Waals surface area contributed by atoms with Crippen LogP contribution in [-0.4, -0.2) is 10.2 Å². The predicted molar refractivity (Wildman–Crippen MR) is 96.3 cm³/mol. The Kier molecular flexibility index (Phi) is 5.35. The minimum atomic E-state index is -0.174. The summed E-state index contributed by atoms with van der Waals surface area (Å²) in [4.78, 5) is 0. The van der Waals surface area contributed by atoms with Crippen molar-refractivity contribution in [2.45, 2.75) is 58.8 Å². The standard InChI is InChI=1S/C21H28O2/c1-5-7-15-13-17(9-11-19(15)22)21(3,4)18-10-12-20(23)16(14-18)8-6-2/h9-14,22-23H,5-8H2,1-4H3. The molecule has 2 N–H and O–H groups in total. The Labute approximate surface area is 139 Å². The van der Waals surface area contributed by atoms with Gasteiger partial charge in [0.25, 0.3) is 0 Å². The molecular weight excluding hydrogens is 284 g/mol. The van der Waals surface area contributed by atoms with Crippen molar-refractivity contribution >= 4 is 0 Å². The van der Waals surface area contributed by atoms with Crippen LogP contribution in [-0.2, 0) is 18.3 Å². The first kappa shape index (κ1) is 17.4. The van der Waals surface area contributed by atoms with Crippen LogP contribution in [0.4, 0.5) is 0 Å². The SMILES string of the molecule is CCCc1cc(C(C)(C)c2ccc(O)c(CCC)c2)ccc1O. The summed E-state index contributed by atoms with van der Waals surface area (Å²) in [5.74, 6) is 0.757. The highest BCUT2D eigenvalue weighted by Crippen LogP contribution is 2.36. The van der Waals surface area contributed by atoms with Gasteiger partial charge in [-0.2, -0.15) is 0 Å². The van der Waals surface area contributed by atoms with Crippen molar-refractivity contribution in [1.29, 1.82) is 0 Å². The lowest BCUT2D eigenvalue weighted by Crippen LogP contribution is -2.19. The van der Waals surface area contributed by atoms with E-state index in [1.165, 1.54) is 11.1 Å². The summed E-state index contributed by atoms with van der Waals surface area (Å²) in [5, 5.41) is 20.0. The van der Waals surface area contributed by atoms with Gasteiger partial charge in [-0.25, -0.2) is 0 Å². The van der Waals surface area contributed by atoms with Gasteiger partial charge in [0.05, 0.1) is 0 Å². The Hall–Kier alpha value is -1.96. The first-order valence-electron chi connectivity index (χ1n) is 8.54. The Morgan fingerprint density at radius 2 is 1.13 bits per heavy atom. The van der Waals surface area contributed by atoms with Crippen LogP contribution >= 0.6 is 0 Å². The molecule has 2 rings (SSSR count). The molecule has 0 saturated carbocycles. The smallest absolute Gasteiger partial charge is 0.118 e. The predicted octanol–water partition coefficient (Wildman–Crippen LogP) is 5.33. The van der Waals surface area contributed by atoms with Crippen molar-refractivity contribution in [3.63, 3.8) is 0 Å². The fourth-order valence-electron chi connectivity index (χ4n) is 3.05. The lowest BCUT2D eigenvalue weighted by atomic mass is 9.76. The topological polar surface area (TPSA) is 40.5 Å². The number of hydrogen-bond acceptors (Lipinski definition) is 2. The zero-order chi connectivity index (χ0) is 17.0. The van der Waals surface area contributed by atoms with E-state index >= 15 is 0 Å². The number of phenolic OH excluding ortho intramolecular Hbond substituents is 2. The molecule has 0 aliphatic carbocycles. The molecule has 2 heteroatoms. The Bertz CT molecular complexity index is 614. The van der Waals surface area contributed by atoms with Gasteiger partial charge in [0, 0.05) is 5.41 Å². The van der Waals surface area contributed by atoms with E-state index in [1.54, 1.807) is 12.1 Å². The monoisotopic (exact) mass is 312 g/mol. The molecule has 2 aromatic carbocycles. The summed E-state index contributed by atoms with van der Waals surface area (Å²) < 4.78 is 0. The summed E-state index contributed by atoms with van der Waals surface area (Å²) in [6, 6.07) is 11.8. The van der Waals surface area contributed by atoms with Crippen LogP contribution in [0.3, 0.4) is 0 Å². The number of rotatable bonds is 6. The van der Waals surface area contributed by atoms with Crippen LogP contribution < -0.4 is 0 Å². The number of phenols is 2. The number of hydrogen-bond donors (Lipinski definition) is 2. The molecule has 0 fully saturated rings. The van der Waals surface area contributed by atoms with Crippen molar-refractivity contribution in [1.82, 2.24) is 0 Å². The van der Waals surface area contributed by atoms with Gasteiger partial charge in [-0.1, -0.05) is 64.8 Å². The summed E-state index contributed by atoms with van der Waals surface area (Å²) in [5.41, 5.74) is 4.21. The second-order valence-corrected chi connectivity index (χ2v) is 6.81. The van der Waals surface area contributed by atoms with Gasteiger partial charge in [0.2, 0.25) is 0 Å². The minimum Gasteiger partial charge on any atom is -0.508 e. The normalized spacial score (nSPS) is 11.7. The van der Waals surface area contributed by atoms with Crippen molar-refractivity contribution in [2.75, 3.05) is 0 Å². The number of aromatic hydroxyl groups is 2. The lowest BCUT2D eigenvalue weighted by molar-refractivity contribution is 0.465. The Morgan fingerprint density at radius 1 is 0.739 bits per heavy atom. The van der Waals surface area contributed by atoms with E-state index < -0.39 is 0 Å². The maximum Gasteiger partial charge on any atom is 0.118 e. The molecule has 0 saturated heterocycles. The lowest BCUT2D eigenvalue weighted by Gasteiger charge is -2.27. The molecule has 0 atom stereocenters. The van der Waals surface area contributed by atoms with Gasteiger partial charge in [0.15, 0.2) is 0 Å². The molecule has 124 valence electrons. The molecule has 0 bridgehead atoms. The van der Waals surface area contributed by atoms with E-state index in [9.17, 15) is 10.2 Å². The van der Waals surface area contributed by atoms with Crippen molar-refractivity contribution in [3.8, 4) is 11.5 Å². The van der Waals surface area contributed by atoms with E-state index in [1.807, 2.05) is 12.1 Å². The molecule has 2 aromatic rings.